The molecule has 118 valence electrons. The molecule has 0 saturated heterocycles. The number of likely N-dealkylation sites (N-methyl/N-ethyl adjacent to an activating group) is 1. The maximum absolute atomic E-state index is 3.71. The third-order valence-electron chi connectivity index (χ3n) is 4.90. The Labute approximate surface area is 131 Å². The summed E-state index contributed by atoms with van der Waals surface area (Å²) in [5.74, 6) is 0.999. The number of rotatable bonds is 7. The molecule has 1 unspecified atom stereocenters. The highest BCUT2D eigenvalue weighted by molar-refractivity contribution is 5.29. The molecule has 1 atom stereocenters. The van der Waals surface area contributed by atoms with E-state index in [2.05, 4.69) is 44.3 Å². The molecule has 1 aliphatic rings. The average Bonchev–Trinajstić information content (AvgIpc) is 2.45. The van der Waals surface area contributed by atoms with Crippen LogP contribution in [0.2, 0.25) is 0 Å². The van der Waals surface area contributed by atoms with Gasteiger partial charge in [-0.05, 0) is 51.1 Å². The van der Waals surface area contributed by atoms with Crippen molar-refractivity contribution < 1.29 is 0 Å². The molecular weight excluding hydrogens is 254 g/mol. The minimum absolute atomic E-state index is 0.651. The standard InChI is InChI=1S/C20H33N/c1-4-21-20(11-10-18-8-6-5-7-9-18)15-19-13-16(2)12-17(3)14-19/h12-14,18,20-21H,4-11,15H2,1-3H3. The fourth-order valence-electron chi connectivity index (χ4n) is 3.95. The van der Waals surface area contributed by atoms with Crippen molar-refractivity contribution in [1.29, 1.82) is 0 Å². The van der Waals surface area contributed by atoms with Gasteiger partial charge in [0.05, 0.1) is 0 Å². The van der Waals surface area contributed by atoms with Crippen molar-refractivity contribution in [1.82, 2.24) is 5.32 Å². The lowest BCUT2D eigenvalue weighted by Crippen LogP contribution is -2.31. The van der Waals surface area contributed by atoms with E-state index in [1.165, 1.54) is 68.1 Å². The second-order valence-corrected chi connectivity index (χ2v) is 7.04. The first-order valence-electron chi connectivity index (χ1n) is 8.98. The Bertz CT molecular complexity index is 398. The van der Waals surface area contributed by atoms with Crippen molar-refractivity contribution in [3.63, 3.8) is 0 Å². The Morgan fingerprint density at radius 1 is 1.05 bits per heavy atom. The second kappa shape index (κ2) is 8.58. The van der Waals surface area contributed by atoms with Crippen LogP contribution >= 0.6 is 0 Å². The van der Waals surface area contributed by atoms with Crippen molar-refractivity contribution in [3.8, 4) is 0 Å². The Hall–Kier alpha value is -0.820. The monoisotopic (exact) mass is 287 g/mol. The van der Waals surface area contributed by atoms with Gasteiger partial charge in [0, 0.05) is 6.04 Å². The van der Waals surface area contributed by atoms with E-state index in [1.54, 1.807) is 0 Å². The van der Waals surface area contributed by atoms with Crippen molar-refractivity contribution in [2.45, 2.75) is 78.2 Å². The predicted molar refractivity (Wildman–Crippen MR) is 92.9 cm³/mol. The largest absolute Gasteiger partial charge is 0.314 e. The molecule has 0 spiro atoms. The minimum atomic E-state index is 0.651. The van der Waals surface area contributed by atoms with Crippen LogP contribution in [0.4, 0.5) is 0 Å². The van der Waals surface area contributed by atoms with Gasteiger partial charge in [-0.25, -0.2) is 0 Å². The molecule has 1 fully saturated rings. The molecular formula is C20H33N. The number of hydrogen-bond acceptors (Lipinski definition) is 1. The molecule has 0 aromatic heterocycles. The summed E-state index contributed by atoms with van der Waals surface area (Å²) in [6, 6.07) is 7.64. The fourth-order valence-corrected chi connectivity index (χ4v) is 3.95. The molecule has 0 amide bonds. The lowest BCUT2D eigenvalue weighted by Gasteiger charge is -2.25. The summed E-state index contributed by atoms with van der Waals surface area (Å²) in [5.41, 5.74) is 4.29. The van der Waals surface area contributed by atoms with Gasteiger partial charge in [-0.15, -0.1) is 0 Å². The van der Waals surface area contributed by atoms with E-state index < -0.39 is 0 Å². The van der Waals surface area contributed by atoms with Gasteiger partial charge in [0.1, 0.15) is 0 Å². The maximum Gasteiger partial charge on any atom is 0.0107 e. The molecule has 21 heavy (non-hydrogen) atoms. The minimum Gasteiger partial charge on any atom is -0.314 e. The van der Waals surface area contributed by atoms with Crippen LogP contribution in [0, 0.1) is 19.8 Å². The molecule has 0 radical (unpaired) electrons. The Kier molecular flexibility index (Phi) is 6.76. The highest BCUT2D eigenvalue weighted by Crippen LogP contribution is 2.28. The summed E-state index contributed by atoms with van der Waals surface area (Å²) in [6.07, 6.45) is 11.3. The molecule has 1 aromatic carbocycles. The second-order valence-electron chi connectivity index (χ2n) is 7.04. The van der Waals surface area contributed by atoms with Gasteiger partial charge in [-0.3, -0.25) is 0 Å². The summed E-state index contributed by atoms with van der Waals surface area (Å²) in [5, 5.41) is 3.71. The van der Waals surface area contributed by atoms with Crippen LogP contribution in [-0.2, 0) is 6.42 Å². The average molecular weight is 287 g/mol. The maximum atomic E-state index is 3.71. The van der Waals surface area contributed by atoms with Gasteiger partial charge in [-0.2, -0.15) is 0 Å². The topological polar surface area (TPSA) is 12.0 Å². The summed E-state index contributed by atoms with van der Waals surface area (Å²) in [6.45, 7) is 7.73. The van der Waals surface area contributed by atoms with E-state index in [9.17, 15) is 0 Å². The number of benzene rings is 1. The molecule has 1 N–H and O–H groups in total. The molecule has 1 heteroatoms. The van der Waals surface area contributed by atoms with Crippen LogP contribution in [0.5, 0.6) is 0 Å². The zero-order chi connectivity index (χ0) is 15.1. The summed E-state index contributed by atoms with van der Waals surface area (Å²) >= 11 is 0. The molecule has 1 saturated carbocycles. The number of nitrogens with one attached hydrogen (secondary N) is 1. The van der Waals surface area contributed by atoms with E-state index in [0.29, 0.717) is 6.04 Å². The Morgan fingerprint density at radius 3 is 2.33 bits per heavy atom. The molecule has 0 bridgehead atoms. The summed E-state index contributed by atoms with van der Waals surface area (Å²) < 4.78 is 0. The Balaban J connectivity index is 1.88. The predicted octanol–water partition coefficient (Wildman–Crippen LogP) is 5.18. The van der Waals surface area contributed by atoms with Crippen molar-refractivity contribution in [3.05, 3.63) is 34.9 Å². The lowest BCUT2D eigenvalue weighted by molar-refractivity contribution is 0.313. The van der Waals surface area contributed by atoms with Crippen LogP contribution < -0.4 is 5.32 Å². The molecule has 1 nitrogen and oxygen atoms in total. The first-order valence-corrected chi connectivity index (χ1v) is 8.98. The SMILES string of the molecule is CCNC(CCC1CCCCC1)Cc1cc(C)cc(C)c1. The normalized spacial score (nSPS) is 17.9. The number of aryl methyl sites for hydroxylation is 2. The third kappa shape index (κ3) is 5.82. The zero-order valence-electron chi connectivity index (χ0n) is 14.3. The van der Waals surface area contributed by atoms with Gasteiger partial charge in [0.2, 0.25) is 0 Å². The van der Waals surface area contributed by atoms with Gasteiger partial charge >= 0.3 is 0 Å². The van der Waals surface area contributed by atoms with Gasteiger partial charge < -0.3 is 5.32 Å². The summed E-state index contributed by atoms with van der Waals surface area (Å²) in [7, 11) is 0. The molecule has 0 heterocycles. The van der Waals surface area contributed by atoms with Crippen LogP contribution in [-0.4, -0.2) is 12.6 Å². The van der Waals surface area contributed by atoms with Crippen LogP contribution in [0.15, 0.2) is 18.2 Å². The lowest BCUT2D eigenvalue weighted by atomic mass is 9.84. The summed E-state index contributed by atoms with van der Waals surface area (Å²) in [4.78, 5) is 0. The molecule has 2 rings (SSSR count). The fraction of sp³-hybridized carbons (Fsp3) is 0.700. The van der Waals surface area contributed by atoms with Crippen molar-refractivity contribution >= 4 is 0 Å². The molecule has 1 aliphatic carbocycles. The smallest absolute Gasteiger partial charge is 0.0107 e. The van der Waals surface area contributed by atoms with E-state index >= 15 is 0 Å². The highest BCUT2D eigenvalue weighted by Gasteiger charge is 2.16. The van der Waals surface area contributed by atoms with Crippen molar-refractivity contribution in [2.24, 2.45) is 5.92 Å². The van der Waals surface area contributed by atoms with E-state index in [-0.39, 0.29) is 0 Å². The first kappa shape index (κ1) is 16.5. The zero-order valence-corrected chi connectivity index (χ0v) is 14.3. The highest BCUT2D eigenvalue weighted by atomic mass is 14.9. The Morgan fingerprint density at radius 2 is 1.71 bits per heavy atom. The van der Waals surface area contributed by atoms with E-state index in [0.717, 1.165) is 12.5 Å². The van der Waals surface area contributed by atoms with Crippen LogP contribution in [0.3, 0.4) is 0 Å². The number of hydrogen-bond donors (Lipinski definition) is 1. The molecule has 1 aromatic rings. The van der Waals surface area contributed by atoms with E-state index in [4.69, 9.17) is 0 Å². The quantitative estimate of drug-likeness (QED) is 0.728. The molecule has 0 aliphatic heterocycles. The van der Waals surface area contributed by atoms with Crippen molar-refractivity contribution in [2.75, 3.05) is 6.54 Å². The van der Waals surface area contributed by atoms with Crippen LogP contribution in [0.25, 0.3) is 0 Å². The van der Waals surface area contributed by atoms with E-state index in [1.807, 2.05) is 0 Å². The first-order chi connectivity index (χ1) is 10.2. The van der Waals surface area contributed by atoms with Gasteiger partial charge in [0.25, 0.3) is 0 Å². The van der Waals surface area contributed by atoms with Gasteiger partial charge in [-0.1, -0.05) is 68.4 Å². The van der Waals surface area contributed by atoms with Gasteiger partial charge in [0.15, 0.2) is 0 Å². The van der Waals surface area contributed by atoms with Crippen LogP contribution in [0.1, 0.15) is 68.6 Å². The third-order valence-corrected chi connectivity index (χ3v) is 4.90.